The van der Waals surface area contributed by atoms with E-state index < -0.39 is 0 Å². The molecule has 0 unspecified atom stereocenters. The van der Waals surface area contributed by atoms with E-state index in [-0.39, 0.29) is 0 Å². The van der Waals surface area contributed by atoms with E-state index in [9.17, 15) is 0 Å². The summed E-state index contributed by atoms with van der Waals surface area (Å²) in [5, 5.41) is 0.509. The highest BCUT2D eigenvalue weighted by Crippen LogP contribution is 2.25. The van der Waals surface area contributed by atoms with Crippen LogP contribution in [-0.4, -0.2) is 18.7 Å². The van der Waals surface area contributed by atoms with Crippen molar-refractivity contribution in [3.63, 3.8) is 0 Å². The van der Waals surface area contributed by atoms with Gasteiger partial charge in [0.15, 0.2) is 0 Å². The number of nitrogens with two attached hydrogens (primary N) is 1. The van der Waals surface area contributed by atoms with Gasteiger partial charge < -0.3 is 15.2 Å². The summed E-state index contributed by atoms with van der Waals surface area (Å²) in [6.45, 7) is 0.540. The average molecular weight is 322 g/mol. The van der Waals surface area contributed by atoms with Gasteiger partial charge in [-0.3, -0.25) is 0 Å². The number of ether oxygens (including phenoxy) is 2. The summed E-state index contributed by atoms with van der Waals surface area (Å²) in [7, 11) is 1.65. The highest BCUT2D eigenvalue weighted by Gasteiger charge is 2.05. The molecule has 0 aliphatic heterocycles. The summed E-state index contributed by atoms with van der Waals surface area (Å²) >= 11 is 11.0. The van der Waals surface area contributed by atoms with E-state index in [2.05, 4.69) is 0 Å². The van der Waals surface area contributed by atoms with Crippen molar-refractivity contribution in [2.75, 3.05) is 13.7 Å². The first kappa shape index (κ1) is 15.6. The minimum atomic E-state index is 0.321. The summed E-state index contributed by atoms with van der Waals surface area (Å²) in [4.78, 5) is 0.321. The maximum atomic E-state index is 6.14. The SMILES string of the molecule is COc1ccc(CCOc2ccc(C(N)=S)cc2Cl)cc1. The monoisotopic (exact) mass is 321 g/mol. The third kappa shape index (κ3) is 4.34. The van der Waals surface area contributed by atoms with Crippen LogP contribution in [0.1, 0.15) is 11.1 Å². The van der Waals surface area contributed by atoms with Crippen molar-refractivity contribution in [3.05, 3.63) is 58.6 Å². The van der Waals surface area contributed by atoms with Crippen molar-refractivity contribution in [1.82, 2.24) is 0 Å². The van der Waals surface area contributed by atoms with Crippen molar-refractivity contribution in [3.8, 4) is 11.5 Å². The van der Waals surface area contributed by atoms with Crippen LogP contribution in [-0.2, 0) is 6.42 Å². The standard InChI is InChI=1S/C16H16ClNO2S/c1-19-13-5-2-11(3-6-13)8-9-20-15-7-4-12(16(18)21)10-14(15)17/h2-7,10H,8-9H2,1H3,(H2,18,21). The molecule has 0 aromatic heterocycles. The Morgan fingerprint density at radius 1 is 1.19 bits per heavy atom. The van der Waals surface area contributed by atoms with E-state index in [4.69, 9.17) is 39.0 Å². The smallest absolute Gasteiger partial charge is 0.137 e. The number of methoxy groups -OCH3 is 1. The van der Waals surface area contributed by atoms with Crippen LogP contribution in [0.15, 0.2) is 42.5 Å². The minimum Gasteiger partial charge on any atom is -0.497 e. The fraction of sp³-hybridized carbons (Fsp3) is 0.188. The first-order chi connectivity index (χ1) is 10.1. The van der Waals surface area contributed by atoms with Gasteiger partial charge in [0.1, 0.15) is 16.5 Å². The Hall–Kier alpha value is -1.78. The van der Waals surface area contributed by atoms with E-state index >= 15 is 0 Å². The Labute approximate surface area is 134 Å². The molecule has 0 fully saturated rings. The molecule has 0 radical (unpaired) electrons. The maximum absolute atomic E-state index is 6.14. The van der Waals surface area contributed by atoms with Crippen molar-refractivity contribution >= 4 is 28.8 Å². The van der Waals surface area contributed by atoms with Crippen molar-refractivity contribution in [2.45, 2.75) is 6.42 Å². The van der Waals surface area contributed by atoms with Gasteiger partial charge in [0, 0.05) is 12.0 Å². The van der Waals surface area contributed by atoms with Crippen LogP contribution in [0.5, 0.6) is 11.5 Å². The molecule has 0 spiro atoms. The molecular formula is C16H16ClNO2S. The molecule has 21 heavy (non-hydrogen) atoms. The van der Waals surface area contributed by atoms with Gasteiger partial charge in [-0.05, 0) is 35.9 Å². The molecule has 0 aliphatic rings. The lowest BCUT2D eigenvalue weighted by Crippen LogP contribution is -2.09. The number of rotatable bonds is 6. The summed E-state index contributed by atoms with van der Waals surface area (Å²) in [5.41, 5.74) is 7.46. The van der Waals surface area contributed by atoms with Gasteiger partial charge in [-0.25, -0.2) is 0 Å². The summed E-state index contributed by atoms with van der Waals surface area (Å²) < 4.78 is 10.8. The molecule has 2 aromatic carbocycles. The van der Waals surface area contributed by atoms with E-state index in [1.807, 2.05) is 24.3 Å². The number of hydrogen-bond donors (Lipinski definition) is 1. The third-order valence-corrected chi connectivity index (χ3v) is 3.55. The Morgan fingerprint density at radius 3 is 2.48 bits per heavy atom. The molecule has 0 saturated carbocycles. The predicted octanol–water partition coefficient (Wildman–Crippen LogP) is 3.60. The zero-order chi connectivity index (χ0) is 15.2. The zero-order valence-electron chi connectivity index (χ0n) is 11.6. The third-order valence-electron chi connectivity index (χ3n) is 3.02. The fourth-order valence-corrected chi connectivity index (χ4v) is 2.20. The van der Waals surface area contributed by atoms with Crippen molar-refractivity contribution in [2.24, 2.45) is 5.73 Å². The predicted molar refractivity (Wildman–Crippen MR) is 89.5 cm³/mol. The van der Waals surface area contributed by atoms with Gasteiger partial charge in [-0.15, -0.1) is 0 Å². The molecule has 5 heteroatoms. The summed E-state index contributed by atoms with van der Waals surface area (Å²) in [6.07, 6.45) is 0.789. The fourth-order valence-electron chi connectivity index (χ4n) is 1.84. The molecule has 0 bridgehead atoms. The van der Waals surface area contributed by atoms with Gasteiger partial charge in [0.05, 0.1) is 18.7 Å². The Bertz CT molecular complexity index is 629. The molecule has 2 rings (SSSR count). The van der Waals surface area contributed by atoms with Crippen LogP contribution in [0, 0.1) is 0 Å². The second-order valence-corrected chi connectivity index (χ2v) is 5.30. The molecule has 3 nitrogen and oxygen atoms in total. The minimum absolute atomic E-state index is 0.321. The number of hydrogen-bond acceptors (Lipinski definition) is 3. The van der Waals surface area contributed by atoms with Crippen LogP contribution in [0.3, 0.4) is 0 Å². The second-order valence-electron chi connectivity index (χ2n) is 4.46. The van der Waals surface area contributed by atoms with E-state index in [0.717, 1.165) is 17.7 Å². The topological polar surface area (TPSA) is 44.5 Å². The highest BCUT2D eigenvalue weighted by atomic mass is 35.5. The van der Waals surface area contributed by atoms with Gasteiger partial charge in [-0.2, -0.15) is 0 Å². The van der Waals surface area contributed by atoms with Crippen LogP contribution >= 0.6 is 23.8 Å². The number of thiocarbonyl (C=S) groups is 1. The van der Waals surface area contributed by atoms with Gasteiger partial charge in [0.2, 0.25) is 0 Å². The zero-order valence-corrected chi connectivity index (χ0v) is 13.2. The maximum Gasteiger partial charge on any atom is 0.137 e. The van der Waals surface area contributed by atoms with Crippen LogP contribution in [0.4, 0.5) is 0 Å². The molecule has 0 saturated heterocycles. The van der Waals surface area contributed by atoms with Crippen molar-refractivity contribution < 1.29 is 9.47 Å². The van der Waals surface area contributed by atoms with Crippen LogP contribution in [0.25, 0.3) is 0 Å². The first-order valence-electron chi connectivity index (χ1n) is 6.45. The number of benzene rings is 2. The van der Waals surface area contributed by atoms with Crippen molar-refractivity contribution in [1.29, 1.82) is 0 Å². The molecule has 2 N–H and O–H groups in total. The average Bonchev–Trinajstić information content (AvgIpc) is 2.49. The van der Waals surface area contributed by atoms with Gasteiger partial charge >= 0.3 is 0 Å². The number of halogens is 1. The van der Waals surface area contributed by atoms with Crippen LogP contribution in [0.2, 0.25) is 5.02 Å². The molecule has 0 aliphatic carbocycles. The highest BCUT2D eigenvalue weighted by molar-refractivity contribution is 7.80. The lowest BCUT2D eigenvalue weighted by molar-refractivity contribution is 0.322. The summed E-state index contributed by atoms with van der Waals surface area (Å²) in [5.74, 6) is 1.47. The lowest BCUT2D eigenvalue weighted by atomic mass is 10.1. The molecule has 110 valence electrons. The summed E-state index contributed by atoms with van der Waals surface area (Å²) in [6, 6.07) is 13.2. The van der Waals surface area contributed by atoms with Gasteiger partial charge in [0.25, 0.3) is 0 Å². The molecule has 0 amide bonds. The Balaban J connectivity index is 1.92. The molecular weight excluding hydrogens is 306 g/mol. The van der Waals surface area contributed by atoms with E-state index in [1.54, 1.807) is 25.3 Å². The quantitative estimate of drug-likeness (QED) is 0.826. The normalized spacial score (nSPS) is 10.2. The first-order valence-corrected chi connectivity index (χ1v) is 7.24. The lowest BCUT2D eigenvalue weighted by Gasteiger charge is -2.09. The molecule has 0 atom stereocenters. The molecule has 0 heterocycles. The molecule has 2 aromatic rings. The largest absolute Gasteiger partial charge is 0.497 e. The van der Waals surface area contributed by atoms with E-state index in [1.165, 1.54) is 5.56 Å². The Morgan fingerprint density at radius 2 is 1.90 bits per heavy atom. The Kier molecular flexibility index (Phi) is 5.42. The van der Waals surface area contributed by atoms with Crippen LogP contribution < -0.4 is 15.2 Å². The van der Waals surface area contributed by atoms with E-state index in [0.29, 0.717) is 22.4 Å². The van der Waals surface area contributed by atoms with Gasteiger partial charge in [-0.1, -0.05) is 36.0 Å². The second kappa shape index (κ2) is 7.29.